The molecule has 0 heterocycles. The smallest absolute Gasteiger partial charge is 0.337 e. The first kappa shape index (κ1) is 13.5. The molecule has 4 N–H and O–H groups in total. The van der Waals surface area contributed by atoms with Crippen LogP contribution in [0.25, 0.3) is 0 Å². The summed E-state index contributed by atoms with van der Waals surface area (Å²) in [6, 6.07) is 4.15. The van der Waals surface area contributed by atoms with Gasteiger partial charge in [0.15, 0.2) is 0 Å². The molecule has 0 bridgehead atoms. The SMILES string of the molecule is CC(C)(N)C(=O)Nc1ccc(C(=O)O)c(Cl)c1. The predicted octanol–water partition coefficient (Wildman–Crippen LogP) is 1.71. The molecule has 0 spiro atoms. The Balaban J connectivity index is 2.92. The van der Waals surface area contributed by atoms with Gasteiger partial charge >= 0.3 is 5.97 Å². The van der Waals surface area contributed by atoms with Crippen LogP contribution >= 0.6 is 11.6 Å². The molecule has 0 radical (unpaired) electrons. The van der Waals surface area contributed by atoms with Crippen molar-refractivity contribution in [3.63, 3.8) is 0 Å². The molecule has 5 nitrogen and oxygen atoms in total. The van der Waals surface area contributed by atoms with E-state index < -0.39 is 11.5 Å². The third-order valence-electron chi connectivity index (χ3n) is 2.04. The number of hydrogen-bond acceptors (Lipinski definition) is 3. The highest BCUT2D eigenvalue weighted by molar-refractivity contribution is 6.33. The number of amides is 1. The maximum absolute atomic E-state index is 11.6. The molecular weight excluding hydrogens is 244 g/mol. The van der Waals surface area contributed by atoms with E-state index in [-0.39, 0.29) is 16.5 Å². The third kappa shape index (κ3) is 3.44. The van der Waals surface area contributed by atoms with Gasteiger partial charge in [0.2, 0.25) is 5.91 Å². The van der Waals surface area contributed by atoms with Gasteiger partial charge in [-0.2, -0.15) is 0 Å². The molecule has 0 saturated heterocycles. The first-order chi connectivity index (χ1) is 7.71. The Kier molecular flexibility index (Phi) is 3.75. The normalized spacial score (nSPS) is 11.1. The van der Waals surface area contributed by atoms with Crippen molar-refractivity contribution in [2.75, 3.05) is 5.32 Å². The Morgan fingerprint density at radius 3 is 2.41 bits per heavy atom. The van der Waals surface area contributed by atoms with E-state index in [2.05, 4.69) is 5.32 Å². The van der Waals surface area contributed by atoms with E-state index in [1.54, 1.807) is 13.8 Å². The summed E-state index contributed by atoms with van der Waals surface area (Å²) < 4.78 is 0. The number of halogens is 1. The van der Waals surface area contributed by atoms with Crippen LogP contribution in [0.15, 0.2) is 18.2 Å². The summed E-state index contributed by atoms with van der Waals surface area (Å²) in [5.41, 5.74) is 4.98. The molecule has 1 amide bonds. The molecule has 92 valence electrons. The summed E-state index contributed by atoms with van der Waals surface area (Å²) in [6.07, 6.45) is 0. The highest BCUT2D eigenvalue weighted by Gasteiger charge is 2.22. The number of carbonyl (C=O) groups excluding carboxylic acids is 1. The fraction of sp³-hybridized carbons (Fsp3) is 0.273. The van der Waals surface area contributed by atoms with Crippen molar-refractivity contribution in [1.29, 1.82) is 0 Å². The lowest BCUT2D eigenvalue weighted by Crippen LogP contribution is -2.45. The standard InChI is InChI=1S/C11H13ClN2O3/c1-11(2,13)10(17)14-6-3-4-7(9(15)16)8(12)5-6/h3-5H,13H2,1-2H3,(H,14,17)(H,15,16). The molecule has 1 aromatic carbocycles. The predicted molar refractivity (Wildman–Crippen MR) is 65.3 cm³/mol. The molecule has 1 rings (SSSR count). The lowest BCUT2D eigenvalue weighted by atomic mass is 10.1. The zero-order valence-corrected chi connectivity index (χ0v) is 10.2. The van der Waals surface area contributed by atoms with E-state index in [1.165, 1.54) is 18.2 Å². The van der Waals surface area contributed by atoms with E-state index in [9.17, 15) is 9.59 Å². The minimum atomic E-state index is -1.12. The van der Waals surface area contributed by atoms with E-state index in [4.69, 9.17) is 22.4 Å². The average Bonchev–Trinajstić information content (AvgIpc) is 2.15. The van der Waals surface area contributed by atoms with Crippen molar-refractivity contribution in [3.05, 3.63) is 28.8 Å². The summed E-state index contributed by atoms with van der Waals surface area (Å²) >= 11 is 5.76. The number of nitrogens with one attached hydrogen (secondary N) is 1. The van der Waals surface area contributed by atoms with Gasteiger partial charge in [-0.3, -0.25) is 4.79 Å². The molecule has 6 heteroatoms. The van der Waals surface area contributed by atoms with Crippen LogP contribution in [0.3, 0.4) is 0 Å². The van der Waals surface area contributed by atoms with Gasteiger partial charge in [-0.25, -0.2) is 4.79 Å². The Morgan fingerprint density at radius 2 is 2.00 bits per heavy atom. The van der Waals surface area contributed by atoms with Gasteiger partial charge in [0.1, 0.15) is 0 Å². The van der Waals surface area contributed by atoms with Crippen LogP contribution in [0.2, 0.25) is 5.02 Å². The highest BCUT2D eigenvalue weighted by Crippen LogP contribution is 2.21. The van der Waals surface area contributed by atoms with Gasteiger partial charge in [-0.1, -0.05) is 11.6 Å². The minimum Gasteiger partial charge on any atom is -0.478 e. The topological polar surface area (TPSA) is 92.4 Å². The molecule has 0 aromatic heterocycles. The van der Waals surface area contributed by atoms with Crippen LogP contribution < -0.4 is 11.1 Å². The van der Waals surface area contributed by atoms with Gasteiger partial charge in [0, 0.05) is 5.69 Å². The summed E-state index contributed by atoms with van der Waals surface area (Å²) in [4.78, 5) is 22.3. The van der Waals surface area contributed by atoms with Crippen LogP contribution in [-0.4, -0.2) is 22.5 Å². The van der Waals surface area contributed by atoms with Crippen LogP contribution in [0, 0.1) is 0 Å². The first-order valence-electron chi connectivity index (χ1n) is 4.85. The lowest BCUT2D eigenvalue weighted by molar-refractivity contribution is -0.120. The number of nitrogens with two attached hydrogens (primary N) is 1. The minimum absolute atomic E-state index is 0.0170. The quantitative estimate of drug-likeness (QED) is 0.768. The van der Waals surface area contributed by atoms with Gasteiger partial charge < -0.3 is 16.2 Å². The van der Waals surface area contributed by atoms with Crippen LogP contribution in [-0.2, 0) is 4.79 Å². The van der Waals surface area contributed by atoms with E-state index in [1.807, 2.05) is 0 Å². The fourth-order valence-electron chi connectivity index (χ4n) is 1.06. The van der Waals surface area contributed by atoms with Crippen molar-refractivity contribution in [2.45, 2.75) is 19.4 Å². The molecule has 1 aromatic rings. The number of hydrogen-bond donors (Lipinski definition) is 3. The summed E-state index contributed by atoms with van der Waals surface area (Å²) in [5.74, 6) is -1.50. The van der Waals surface area contributed by atoms with Crippen LogP contribution in [0.5, 0.6) is 0 Å². The molecule has 0 fully saturated rings. The largest absolute Gasteiger partial charge is 0.478 e. The zero-order valence-electron chi connectivity index (χ0n) is 9.45. The van der Waals surface area contributed by atoms with Gasteiger partial charge in [-0.15, -0.1) is 0 Å². The Labute approximate surface area is 104 Å². The number of anilines is 1. The van der Waals surface area contributed by atoms with E-state index >= 15 is 0 Å². The second-order valence-corrected chi connectivity index (χ2v) is 4.58. The molecule has 0 atom stereocenters. The number of benzene rings is 1. The number of rotatable bonds is 3. The Morgan fingerprint density at radius 1 is 1.41 bits per heavy atom. The van der Waals surface area contributed by atoms with Gasteiger partial charge in [0.25, 0.3) is 0 Å². The molecule has 0 aliphatic rings. The number of aromatic carboxylic acids is 1. The monoisotopic (exact) mass is 256 g/mol. The maximum atomic E-state index is 11.6. The van der Waals surface area contributed by atoms with Crippen LogP contribution in [0.1, 0.15) is 24.2 Å². The third-order valence-corrected chi connectivity index (χ3v) is 2.36. The summed E-state index contributed by atoms with van der Waals surface area (Å²) in [6.45, 7) is 3.13. The van der Waals surface area contributed by atoms with Crippen molar-refractivity contribution >= 4 is 29.2 Å². The van der Waals surface area contributed by atoms with E-state index in [0.29, 0.717) is 5.69 Å². The average molecular weight is 257 g/mol. The second kappa shape index (κ2) is 4.73. The number of carbonyl (C=O) groups is 2. The van der Waals surface area contributed by atoms with E-state index in [0.717, 1.165) is 0 Å². The number of carboxylic acids is 1. The molecule has 0 saturated carbocycles. The molecule has 0 aliphatic carbocycles. The first-order valence-corrected chi connectivity index (χ1v) is 5.23. The van der Waals surface area contributed by atoms with Crippen molar-refractivity contribution < 1.29 is 14.7 Å². The molecular formula is C11H13ClN2O3. The summed E-state index contributed by atoms with van der Waals surface area (Å²) in [5, 5.41) is 11.4. The maximum Gasteiger partial charge on any atom is 0.337 e. The van der Waals surface area contributed by atoms with Crippen molar-refractivity contribution in [1.82, 2.24) is 0 Å². The molecule has 0 unspecified atom stereocenters. The van der Waals surface area contributed by atoms with Crippen molar-refractivity contribution in [2.24, 2.45) is 5.73 Å². The molecule has 17 heavy (non-hydrogen) atoms. The highest BCUT2D eigenvalue weighted by atomic mass is 35.5. The van der Waals surface area contributed by atoms with Crippen molar-refractivity contribution in [3.8, 4) is 0 Å². The van der Waals surface area contributed by atoms with Gasteiger partial charge in [0.05, 0.1) is 16.1 Å². The number of carboxylic acid groups (broad SMARTS) is 1. The van der Waals surface area contributed by atoms with Crippen LogP contribution in [0.4, 0.5) is 5.69 Å². The lowest BCUT2D eigenvalue weighted by Gasteiger charge is -2.18. The fourth-order valence-corrected chi connectivity index (χ4v) is 1.32. The van der Waals surface area contributed by atoms with Gasteiger partial charge in [-0.05, 0) is 32.0 Å². The second-order valence-electron chi connectivity index (χ2n) is 4.18. The zero-order chi connectivity index (χ0) is 13.2. The Bertz CT molecular complexity index is 466. The summed E-state index contributed by atoms with van der Waals surface area (Å²) in [7, 11) is 0. The molecule has 0 aliphatic heterocycles. The Hall–Kier alpha value is -1.59.